The Morgan fingerprint density at radius 3 is 2.76 bits per heavy atom. The Hall–Kier alpha value is -1.13. The molecular weight excluding hydrogens is 330 g/mol. The van der Waals surface area contributed by atoms with Gasteiger partial charge in [0, 0.05) is 0 Å². The van der Waals surface area contributed by atoms with Crippen LogP contribution in [-0.4, -0.2) is 8.42 Å². The highest BCUT2D eigenvalue weighted by Crippen LogP contribution is 2.62. The summed E-state index contributed by atoms with van der Waals surface area (Å²) in [5.41, 5.74) is 5.77. The summed E-state index contributed by atoms with van der Waals surface area (Å²) in [4.78, 5) is 0. The van der Waals surface area contributed by atoms with Gasteiger partial charge in [-0.25, -0.2) is 13.6 Å². The van der Waals surface area contributed by atoms with Crippen LogP contribution in [0.25, 0.3) is 0 Å². The predicted octanol–water partition coefficient (Wildman–Crippen LogP) is 4.28. The zero-order valence-corrected chi connectivity index (χ0v) is 16.1. The molecular formula is C21H29NO2S. The van der Waals surface area contributed by atoms with Gasteiger partial charge in [0.25, 0.3) is 0 Å². The van der Waals surface area contributed by atoms with Gasteiger partial charge in [-0.3, -0.25) is 0 Å². The molecule has 4 atom stereocenters. The minimum absolute atomic E-state index is 0.0558. The highest BCUT2D eigenvalue weighted by Gasteiger charge is 2.52. The molecule has 0 heterocycles. The van der Waals surface area contributed by atoms with E-state index in [-0.39, 0.29) is 5.75 Å². The lowest BCUT2D eigenvalue weighted by Crippen LogP contribution is -2.40. The van der Waals surface area contributed by atoms with E-state index in [9.17, 15) is 8.42 Å². The lowest BCUT2D eigenvalue weighted by Gasteiger charge is -2.49. The molecule has 4 rings (SSSR count). The van der Waals surface area contributed by atoms with Gasteiger partial charge in [0.1, 0.15) is 0 Å². The van der Waals surface area contributed by atoms with Crippen LogP contribution in [0.1, 0.15) is 68.6 Å². The molecule has 0 aliphatic heterocycles. The molecule has 0 aromatic heterocycles. The van der Waals surface area contributed by atoms with E-state index < -0.39 is 10.0 Å². The standard InChI is InChI=1S/C21H29NO2S/c1-3-16-6-9-20-19-8-5-15-12-14(13-25(22,23)24)4-7-17(15)18(19)10-11-21(16,20)2/h3-4,7,12,18-20H,5-6,8-11,13H2,1-2H3,(H2,22,23,24)/b16-3-. The second-order valence-corrected chi connectivity index (χ2v) is 10.2. The average molecular weight is 360 g/mol. The fourth-order valence-electron chi connectivity index (χ4n) is 6.28. The van der Waals surface area contributed by atoms with E-state index >= 15 is 0 Å². The fraction of sp³-hybridized carbons (Fsp3) is 0.619. The van der Waals surface area contributed by atoms with Gasteiger partial charge in [-0.05, 0) is 85.3 Å². The van der Waals surface area contributed by atoms with Crippen molar-refractivity contribution in [3.05, 3.63) is 46.5 Å². The Morgan fingerprint density at radius 1 is 1.24 bits per heavy atom. The van der Waals surface area contributed by atoms with Gasteiger partial charge in [-0.15, -0.1) is 0 Å². The van der Waals surface area contributed by atoms with Crippen molar-refractivity contribution in [2.45, 2.75) is 64.0 Å². The number of allylic oxidation sites excluding steroid dienone is 2. The Bertz CT molecular complexity index is 826. The second kappa shape index (κ2) is 5.95. The summed E-state index contributed by atoms with van der Waals surface area (Å²) < 4.78 is 22.8. The lowest BCUT2D eigenvalue weighted by atomic mass is 9.55. The summed E-state index contributed by atoms with van der Waals surface area (Å²) >= 11 is 0. The number of nitrogens with two attached hydrogens (primary N) is 1. The first kappa shape index (κ1) is 17.3. The third-order valence-electron chi connectivity index (χ3n) is 7.36. The van der Waals surface area contributed by atoms with E-state index in [2.05, 4.69) is 32.1 Å². The summed E-state index contributed by atoms with van der Waals surface area (Å²) in [6.45, 7) is 4.71. The molecule has 136 valence electrons. The maximum absolute atomic E-state index is 11.4. The fourth-order valence-corrected chi connectivity index (χ4v) is 6.92. The Kier molecular flexibility index (Phi) is 4.12. The first-order valence-corrected chi connectivity index (χ1v) is 11.3. The van der Waals surface area contributed by atoms with Crippen LogP contribution in [-0.2, 0) is 22.2 Å². The van der Waals surface area contributed by atoms with Crippen molar-refractivity contribution in [3.63, 3.8) is 0 Å². The molecule has 0 amide bonds. The molecule has 3 nitrogen and oxygen atoms in total. The average Bonchev–Trinajstić information content (AvgIpc) is 2.89. The molecule has 0 radical (unpaired) electrons. The van der Waals surface area contributed by atoms with Crippen LogP contribution in [0.2, 0.25) is 0 Å². The summed E-state index contributed by atoms with van der Waals surface area (Å²) in [5, 5.41) is 5.22. The Labute approximate surface area is 151 Å². The largest absolute Gasteiger partial charge is 0.228 e. The molecule has 0 bridgehead atoms. The molecule has 2 saturated carbocycles. The number of rotatable bonds is 2. The highest BCUT2D eigenvalue weighted by atomic mass is 32.2. The third-order valence-corrected chi connectivity index (χ3v) is 8.09. The maximum atomic E-state index is 11.4. The smallest absolute Gasteiger partial charge is 0.213 e. The van der Waals surface area contributed by atoms with Crippen molar-refractivity contribution in [1.29, 1.82) is 0 Å². The molecule has 25 heavy (non-hydrogen) atoms. The van der Waals surface area contributed by atoms with Crippen LogP contribution >= 0.6 is 0 Å². The minimum atomic E-state index is -3.46. The summed E-state index contributed by atoms with van der Waals surface area (Å²) in [6, 6.07) is 6.27. The minimum Gasteiger partial charge on any atom is -0.228 e. The van der Waals surface area contributed by atoms with Gasteiger partial charge < -0.3 is 0 Å². The molecule has 1 aromatic carbocycles. The van der Waals surface area contributed by atoms with E-state index in [1.54, 1.807) is 5.57 Å². The highest BCUT2D eigenvalue weighted by molar-refractivity contribution is 7.88. The zero-order chi connectivity index (χ0) is 17.8. The molecule has 4 heteroatoms. The number of fused-ring (bicyclic) bond motifs is 5. The van der Waals surface area contributed by atoms with E-state index in [1.807, 2.05) is 6.07 Å². The van der Waals surface area contributed by atoms with E-state index in [1.165, 1.54) is 43.2 Å². The van der Waals surface area contributed by atoms with E-state index in [0.717, 1.165) is 23.8 Å². The second-order valence-electron chi connectivity index (χ2n) is 8.56. The molecule has 0 saturated heterocycles. The summed E-state index contributed by atoms with van der Waals surface area (Å²) in [6.07, 6.45) is 9.86. The Morgan fingerprint density at radius 2 is 2.04 bits per heavy atom. The molecule has 3 aliphatic rings. The van der Waals surface area contributed by atoms with Crippen molar-refractivity contribution >= 4 is 10.0 Å². The van der Waals surface area contributed by atoms with Crippen LogP contribution in [0.15, 0.2) is 29.8 Å². The normalized spacial score (nSPS) is 36.0. The van der Waals surface area contributed by atoms with Crippen LogP contribution in [0, 0.1) is 17.3 Å². The quantitative estimate of drug-likeness (QED) is 0.801. The van der Waals surface area contributed by atoms with Crippen LogP contribution in [0.5, 0.6) is 0 Å². The molecule has 0 spiro atoms. The number of primary sulfonamides is 1. The SMILES string of the molecule is C/C=C1/CCC2C3CCc4cc(CS(N)(=O)=O)ccc4C3CCC12C. The van der Waals surface area contributed by atoms with Crippen molar-refractivity contribution in [2.24, 2.45) is 22.4 Å². The number of benzene rings is 1. The predicted molar refractivity (Wildman–Crippen MR) is 102 cm³/mol. The first-order chi connectivity index (χ1) is 11.8. The van der Waals surface area contributed by atoms with Crippen LogP contribution < -0.4 is 5.14 Å². The Balaban J connectivity index is 1.64. The topological polar surface area (TPSA) is 60.2 Å². The van der Waals surface area contributed by atoms with Gasteiger partial charge in [0.05, 0.1) is 5.75 Å². The number of hydrogen-bond acceptors (Lipinski definition) is 2. The van der Waals surface area contributed by atoms with Gasteiger partial charge >= 0.3 is 0 Å². The molecule has 3 aliphatic carbocycles. The van der Waals surface area contributed by atoms with E-state index in [0.29, 0.717) is 11.3 Å². The molecule has 2 fully saturated rings. The van der Waals surface area contributed by atoms with Gasteiger partial charge in [-0.1, -0.05) is 36.8 Å². The number of hydrogen-bond donors (Lipinski definition) is 1. The molecule has 4 unspecified atom stereocenters. The zero-order valence-electron chi connectivity index (χ0n) is 15.3. The van der Waals surface area contributed by atoms with Gasteiger partial charge in [0.2, 0.25) is 10.0 Å². The van der Waals surface area contributed by atoms with Gasteiger partial charge in [0.15, 0.2) is 0 Å². The van der Waals surface area contributed by atoms with Crippen molar-refractivity contribution in [3.8, 4) is 0 Å². The lowest BCUT2D eigenvalue weighted by molar-refractivity contribution is 0.0813. The van der Waals surface area contributed by atoms with Gasteiger partial charge in [-0.2, -0.15) is 0 Å². The number of aryl methyl sites for hydroxylation is 1. The summed E-state index contributed by atoms with van der Waals surface area (Å²) in [7, 11) is -3.46. The summed E-state index contributed by atoms with van der Waals surface area (Å²) in [5.74, 6) is 2.20. The van der Waals surface area contributed by atoms with E-state index in [4.69, 9.17) is 5.14 Å². The monoisotopic (exact) mass is 359 g/mol. The van der Waals surface area contributed by atoms with Crippen LogP contribution in [0.3, 0.4) is 0 Å². The van der Waals surface area contributed by atoms with Crippen LogP contribution in [0.4, 0.5) is 0 Å². The third kappa shape index (κ3) is 2.87. The van der Waals surface area contributed by atoms with Crippen molar-refractivity contribution in [1.82, 2.24) is 0 Å². The first-order valence-electron chi connectivity index (χ1n) is 9.59. The number of sulfonamides is 1. The molecule has 2 N–H and O–H groups in total. The molecule has 1 aromatic rings. The van der Waals surface area contributed by atoms with Crippen molar-refractivity contribution in [2.75, 3.05) is 0 Å². The van der Waals surface area contributed by atoms with Crippen molar-refractivity contribution < 1.29 is 8.42 Å². The maximum Gasteiger partial charge on any atom is 0.213 e.